The predicted molar refractivity (Wildman–Crippen MR) is 112 cm³/mol. The highest BCUT2D eigenvalue weighted by atomic mass is 16.5. The molecule has 2 aromatic carbocycles. The molecule has 27 heavy (non-hydrogen) atoms. The van der Waals surface area contributed by atoms with Gasteiger partial charge in [0.05, 0.1) is 14.2 Å². The molecule has 0 spiro atoms. The van der Waals surface area contributed by atoms with E-state index in [0.29, 0.717) is 12.1 Å². The molecular weight excluding hydrogens is 334 g/mol. The number of aryl methyl sites for hydroxylation is 2. The minimum absolute atomic E-state index is 0.696. The van der Waals surface area contributed by atoms with E-state index >= 15 is 0 Å². The lowest BCUT2D eigenvalue weighted by Crippen LogP contribution is -2.44. The third kappa shape index (κ3) is 5.49. The number of hydrogen-bond donors (Lipinski definition) is 0. The van der Waals surface area contributed by atoms with Crippen molar-refractivity contribution >= 4 is 0 Å². The second-order valence-corrected chi connectivity index (χ2v) is 7.68. The van der Waals surface area contributed by atoms with Crippen LogP contribution in [0.3, 0.4) is 0 Å². The Labute approximate surface area is 164 Å². The van der Waals surface area contributed by atoms with Gasteiger partial charge in [0.25, 0.3) is 0 Å². The zero-order valence-corrected chi connectivity index (χ0v) is 17.0. The van der Waals surface area contributed by atoms with E-state index in [4.69, 9.17) is 9.47 Å². The van der Waals surface area contributed by atoms with Crippen molar-refractivity contribution in [2.75, 3.05) is 21.3 Å². The van der Waals surface area contributed by atoms with Crippen molar-refractivity contribution in [3.63, 3.8) is 0 Å². The van der Waals surface area contributed by atoms with Gasteiger partial charge in [-0.15, -0.1) is 0 Å². The fourth-order valence-electron chi connectivity index (χ4n) is 4.24. The molecule has 2 unspecified atom stereocenters. The molecule has 146 valence electrons. The van der Waals surface area contributed by atoms with Gasteiger partial charge in [-0.2, -0.15) is 0 Å². The summed E-state index contributed by atoms with van der Waals surface area (Å²) in [5, 5.41) is 0. The first kappa shape index (κ1) is 19.8. The van der Waals surface area contributed by atoms with Crippen LogP contribution in [0.2, 0.25) is 0 Å². The van der Waals surface area contributed by atoms with Crippen molar-refractivity contribution < 1.29 is 9.47 Å². The molecule has 1 saturated heterocycles. The fourth-order valence-corrected chi connectivity index (χ4v) is 4.24. The molecule has 0 aliphatic carbocycles. The Bertz CT molecular complexity index is 621. The monoisotopic (exact) mass is 367 g/mol. The molecule has 0 aromatic heterocycles. The Balaban J connectivity index is 1.49. The van der Waals surface area contributed by atoms with Gasteiger partial charge in [-0.25, -0.2) is 0 Å². The number of nitrogens with zero attached hydrogens (tertiary/aromatic N) is 1. The molecule has 3 rings (SSSR count). The lowest BCUT2D eigenvalue weighted by atomic mass is 9.89. The molecule has 1 aliphatic heterocycles. The van der Waals surface area contributed by atoms with Crippen LogP contribution in [-0.4, -0.2) is 38.3 Å². The average Bonchev–Trinajstić information content (AvgIpc) is 2.73. The normalized spacial score (nSPS) is 20.4. The molecule has 0 N–H and O–H groups in total. The number of piperidine rings is 1. The highest BCUT2D eigenvalue weighted by Gasteiger charge is 2.26. The maximum atomic E-state index is 5.26. The fraction of sp³-hybridized carbons (Fsp3) is 0.500. The zero-order valence-electron chi connectivity index (χ0n) is 17.0. The van der Waals surface area contributed by atoms with Crippen LogP contribution in [0.5, 0.6) is 11.5 Å². The van der Waals surface area contributed by atoms with Crippen LogP contribution in [0.25, 0.3) is 0 Å². The van der Waals surface area contributed by atoms with E-state index in [1.807, 2.05) is 0 Å². The first-order valence-corrected chi connectivity index (χ1v) is 10.2. The van der Waals surface area contributed by atoms with Gasteiger partial charge in [0.1, 0.15) is 11.5 Å². The Morgan fingerprint density at radius 2 is 1.15 bits per heavy atom. The van der Waals surface area contributed by atoms with E-state index < -0.39 is 0 Å². The molecule has 1 fully saturated rings. The molecule has 0 amide bonds. The Hall–Kier alpha value is -2.00. The zero-order chi connectivity index (χ0) is 19.1. The van der Waals surface area contributed by atoms with Crippen molar-refractivity contribution in [2.45, 2.75) is 57.0 Å². The second kappa shape index (κ2) is 9.80. The summed E-state index contributed by atoms with van der Waals surface area (Å²) in [7, 11) is 5.77. The van der Waals surface area contributed by atoms with Gasteiger partial charge in [0, 0.05) is 12.1 Å². The topological polar surface area (TPSA) is 21.7 Å². The third-order valence-electron chi connectivity index (χ3n) is 6.08. The van der Waals surface area contributed by atoms with Crippen molar-refractivity contribution in [3.8, 4) is 11.5 Å². The van der Waals surface area contributed by atoms with Crippen LogP contribution in [0.15, 0.2) is 48.5 Å². The number of methoxy groups -OCH3 is 2. The molecular formula is C24H33NO2. The Kier molecular flexibility index (Phi) is 7.17. The summed E-state index contributed by atoms with van der Waals surface area (Å²) in [5.41, 5.74) is 2.81. The van der Waals surface area contributed by atoms with Crippen LogP contribution in [0, 0.1) is 0 Å². The third-order valence-corrected chi connectivity index (χ3v) is 6.08. The smallest absolute Gasteiger partial charge is 0.118 e. The molecule has 3 nitrogen and oxygen atoms in total. The molecule has 1 aliphatic rings. The summed E-state index contributed by atoms with van der Waals surface area (Å²) in [6, 6.07) is 18.4. The predicted octanol–water partition coefficient (Wildman–Crippen LogP) is 5.12. The average molecular weight is 368 g/mol. The largest absolute Gasteiger partial charge is 0.497 e. The van der Waals surface area contributed by atoms with E-state index in [9.17, 15) is 0 Å². The van der Waals surface area contributed by atoms with Gasteiger partial charge < -0.3 is 14.4 Å². The van der Waals surface area contributed by atoms with Gasteiger partial charge in [0.15, 0.2) is 0 Å². The summed E-state index contributed by atoms with van der Waals surface area (Å²) in [6.07, 6.45) is 8.76. The maximum absolute atomic E-state index is 5.26. The minimum atomic E-state index is 0.696. The first-order valence-electron chi connectivity index (χ1n) is 10.2. The number of hydrogen-bond acceptors (Lipinski definition) is 3. The first-order chi connectivity index (χ1) is 13.2. The van der Waals surface area contributed by atoms with E-state index in [-0.39, 0.29) is 0 Å². The Morgan fingerprint density at radius 1 is 0.741 bits per heavy atom. The number of benzene rings is 2. The summed E-state index contributed by atoms with van der Waals surface area (Å²) < 4.78 is 10.5. The van der Waals surface area contributed by atoms with E-state index in [0.717, 1.165) is 24.3 Å². The molecule has 2 atom stereocenters. The highest BCUT2D eigenvalue weighted by molar-refractivity contribution is 5.28. The highest BCUT2D eigenvalue weighted by Crippen LogP contribution is 2.27. The number of rotatable bonds is 8. The standard InChI is InChI=1S/C24H33NO2/c1-25-21(13-7-19-9-15-23(26-2)16-10-19)5-4-6-22(25)14-8-20-11-17-24(27-3)18-12-20/h9-12,15-18,21-22H,4-8,13-14H2,1-3H3. The summed E-state index contributed by atoms with van der Waals surface area (Å²) in [5.74, 6) is 1.87. The molecule has 0 radical (unpaired) electrons. The van der Waals surface area contributed by atoms with Crippen molar-refractivity contribution in [2.24, 2.45) is 0 Å². The SMILES string of the molecule is COc1ccc(CCC2CCCC(CCc3ccc(OC)cc3)N2C)cc1. The Morgan fingerprint density at radius 3 is 1.52 bits per heavy atom. The quantitative estimate of drug-likeness (QED) is 0.646. The van der Waals surface area contributed by atoms with Gasteiger partial charge in [-0.1, -0.05) is 30.7 Å². The lowest BCUT2D eigenvalue weighted by Gasteiger charge is -2.40. The van der Waals surface area contributed by atoms with E-state index in [1.54, 1.807) is 14.2 Å². The van der Waals surface area contributed by atoms with Crippen LogP contribution >= 0.6 is 0 Å². The van der Waals surface area contributed by atoms with Crippen LogP contribution in [0.1, 0.15) is 43.2 Å². The lowest BCUT2D eigenvalue weighted by molar-refractivity contribution is 0.103. The van der Waals surface area contributed by atoms with Crippen LogP contribution in [0.4, 0.5) is 0 Å². The van der Waals surface area contributed by atoms with Gasteiger partial charge in [0.2, 0.25) is 0 Å². The number of ether oxygens (including phenoxy) is 2. The number of likely N-dealkylation sites (tertiary alicyclic amines) is 1. The van der Waals surface area contributed by atoms with Crippen molar-refractivity contribution in [1.29, 1.82) is 0 Å². The van der Waals surface area contributed by atoms with Gasteiger partial charge in [-0.3, -0.25) is 0 Å². The second-order valence-electron chi connectivity index (χ2n) is 7.68. The summed E-state index contributed by atoms with van der Waals surface area (Å²) >= 11 is 0. The maximum Gasteiger partial charge on any atom is 0.118 e. The summed E-state index contributed by atoms with van der Waals surface area (Å²) in [6.45, 7) is 0. The summed E-state index contributed by atoms with van der Waals surface area (Å²) in [4.78, 5) is 2.65. The minimum Gasteiger partial charge on any atom is -0.497 e. The van der Waals surface area contributed by atoms with E-state index in [2.05, 4.69) is 60.5 Å². The van der Waals surface area contributed by atoms with Gasteiger partial charge >= 0.3 is 0 Å². The molecule has 0 bridgehead atoms. The molecule has 0 saturated carbocycles. The molecule has 2 aromatic rings. The van der Waals surface area contributed by atoms with Crippen LogP contribution in [-0.2, 0) is 12.8 Å². The van der Waals surface area contributed by atoms with Crippen LogP contribution < -0.4 is 9.47 Å². The molecule has 3 heteroatoms. The van der Waals surface area contributed by atoms with E-state index in [1.165, 1.54) is 43.2 Å². The van der Waals surface area contributed by atoms with Gasteiger partial charge in [-0.05, 0) is 81.0 Å². The molecule has 1 heterocycles. The van der Waals surface area contributed by atoms with Crippen molar-refractivity contribution in [3.05, 3.63) is 59.7 Å². The van der Waals surface area contributed by atoms with Crippen molar-refractivity contribution in [1.82, 2.24) is 4.90 Å².